The lowest BCUT2D eigenvalue weighted by Crippen LogP contribution is -2.54. The Bertz CT molecular complexity index is 769. The van der Waals surface area contributed by atoms with Crippen LogP contribution in [0.3, 0.4) is 0 Å². The predicted octanol–water partition coefficient (Wildman–Crippen LogP) is 1.43. The third-order valence-electron chi connectivity index (χ3n) is 4.06. The van der Waals surface area contributed by atoms with E-state index in [-0.39, 0.29) is 34.1 Å². The molecule has 0 bridgehead atoms. The quantitative estimate of drug-likeness (QED) is 0.750. The molecule has 1 saturated carbocycles. The van der Waals surface area contributed by atoms with Crippen molar-refractivity contribution >= 4 is 27.6 Å². The molecule has 130 valence electrons. The molecule has 0 radical (unpaired) electrons. The highest BCUT2D eigenvalue weighted by atomic mass is 35.5. The monoisotopic (exact) mass is 371 g/mol. The van der Waals surface area contributed by atoms with Gasteiger partial charge in [-0.1, -0.05) is 18.5 Å². The Kier molecular flexibility index (Phi) is 5.83. The summed E-state index contributed by atoms with van der Waals surface area (Å²) in [6.45, 7) is 2.42. The normalized spacial score (nSPS) is 20.4. The first kappa shape index (κ1) is 18.7. The van der Waals surface area contributed by atoms with Crippen molar-refractivity contribution in [1.29, 1.82) is 5.26 Å². The van der Waals surface area contributed by atoms with Gasteiger partial charge in [0, 0.05) is 12.1 Å². The van der Waals surface area contributed by atoms with Gasteiger partial charge < -0.3 is 5.11 Å². The van der Waals surface area contributed by atoms with Gasteiger partial charge in [-0.2, -0.15) is 5.26 Å². The molecule has 9 heteroatoms. The van der Waals surface area contributed by atoms with Gasteiger partial charge in [0.15, 0.2) is 0 Å². The van der Waals surface area contributed by atoms with Crippen LogP contribution in [0.25, 0.3) is 0 Å². The highest BCUT2D eigenvalue weighted by Gasteiger charge is 2.36. The van der Waals surface area contributed by atoms with Gasteiger partial charge in [-0.15, -0.1) is 0 Å². The lowest BCUT2D eigenvalue weighted by Gasteiger charge is -2.42. The van der Waals surface area contributed by atoms with Crippen molar-refractivity contribution in [3.8, 4) is 6.07 Å². The summed E-state index contributed by atoms with van der Waals surface area (Å²) in [5, 5.41) is 18.0. The third kappa shape index (κ3) is 4.24. The Balaban J connectivity index is 2.00. The van der Waals surface area contributed by atoms with Crippen molar-refractivity contribution in [2.45, 2.75) is 36.7 Å². The van der Waals surface area contributed by atoms with Gasteiger partial charge in [-0.3, -0.25) is 9.69 Å². The van der Waals surface area contributed by atoms with E-state index >= 15 is 0 Å². The fraction of sp³-hybridized carbons (Fsp3) is 0.467. The number of rotatable bonds is 7. The lowest BCUT2D eigenvalue weighted by atomic mass is 9.86. The standard InChI is InChI=1S/C15H18ClN3O4S/c1-2-19(9-15(20)21)12-6-11(7-12)18-24(22,23)13-3-4-14(16)10(5-13)8-17/h3-5,11-12,18H,2,6-7,9H2,1H3,(H,20,21). The van der Waals surface area contributed by atoms with Gasteiger partial charge in [-0.05, 0) is 37.6 Å². The van der Waals surface area contributed by atoms with Crippen LogP contribution in [0.15, 0.2) is 23.1 Å². The second kappa shape index (κ2) is 7.49. The highest BCUT2D eigenvalue weighted by Crippen LogP contribution is 2.27. The molecule has 2 N–H and O–H groups in total. The summed E-state index contributed by atoms with van der Waals surface area (Å²) < 4.78 is 27.3. The number of nitriles is 1. The number of nitrogens with zero attached hydrogens (tertiary/aromatic N) is 2. The molecule has 1 aliphatic carbocycles. The number of carboxylic acid groups (broad SMARTS) is 1. The molecule has 2 rings (SSSR count). The van der Waals surface area contributed by atoms with Crippen molar-refractivity contribution in [1.82, 2.24) is 9.62 Å². The smallest absolute Gasteiger partial charge is 0.317 e. The second-order valence-electron chi connectivity index (χ2n) is 5.65. The minimum Gasteiger partial charge on any atom is -0.480 e. The zero-order valence-electron chi connectivity index (χ0n) is 13.1. The van der Waals surface area contributed by atoms with Crippen LogP contribution < -0.4 is 4.72 Å². The van der Waals surface area contributed by atoms with Crippen molar-refractivity contribution < 1.29 is 18.3 Å². The fourth-order valence-corrected chi connectivity index (χ4v) is 4.15. The molecule has 0 saturated heterocycles. The molecular weight excluding hydrogens is 354 g/mol. The summed E-state index contributed by atoms with van der Waals surface area (Å²) in [4.78, 5) is 12.6. The van der Waals surface area contributed by atoms with E-state index in [1.54, 1.807) is 0 Å². The number of halogens is 1. The van der Waals surface area contributed by atoms with Gasteiger partial charge >= 0.3 is 5.97 Å². The molecular formula is C15H18ClN3O4S. The number of nitrogens with one attached hydrogen (secondary N) is 1. The van der Waals surface area contributed by atoms with Gasteiger partial charge in [-0.25, -0.2) is 13.1 Å². The molecule has 1 aromatic rings. The average molecular weight is 372 g/mol. The molecule has 0 aliphatic heterocycles. The number of aliphatic carboxylic acids is 1. The number of hydrogen-bond acceptors (Lipinski definition) is 5. The Hall–Kier alpha value is -1.66. The topological polar surface area (TPSA) is 110 Å². The Morgan fingerprint density at radius 3 is 2.71 bits per heavy atom. The van der Waals surface area contributed by atoms with Gasteiger partial charge in [0.1, 0.15) is 6.07 Å². The summed E-state index contributed by atoms with van der Waals surface area (Å²) in [7, 11) is -3.74. The van der Waals surface area contributed by atoms with E-state index in [0.717, 1.165) is 0 Å². The molecule has 0 unspecified atom stereocenters. The fourth-order valence-electron chi connectivity index (χ4n) is 2.70. The van der Waals surface area contributed by atoms with Crippen molar-refractivity contribution in [3.63, 3.8) is 0 Å². The molecule has 0 aromatic heterocycles. The van der Waals surface area contributed by atoms with Crippen LogP contribution >= 0.6 is 11.6 Å². The van der Waals surface area contributed by atoms with E-state index in [2.05, 4.69) is 4.72 Å². The Morgan fingerprint density at radius 2 is 2.17 bits per heavy atom. The van der Waals surface area contributed by atoms with Crippen LogP contribution in [0.5, 0.6) is 0 Å². The van der Waals surface area contributed by atoms with E-state index in [9.17, 15) is 13.2 Å². The molecule has 0 heterocycles. The zero-order chi connectivity index (χ0) is 17.9. The van der Waals surface area contributed by atoms with Crippen molar-refractivity contribution in [2.75, 3.05) is 13.1 Å². The maximum Gasteiger partial charge on any atom is 0.317 e. The zero-order valence-corrected chi connectivity index (χ0v) is 14.6. The summed E-state index contributed by atoms with van der Waals surface area (Å²) in [6, 6.07) is 5.63. The van der Waals surface area contributed by atoms with Crippen molar-refractivity contribution in [2.24, 2.45) is 0 Å². The van der Waals surface area contributed by atoms with E-state index in [1.807, 2.05) is 17.9 Å². The number of benzene rings is 1. The van der Waals surface area contributed by atoms with E-state index in [1.165, 1.54) is 18.2 Å². The summed E-state index contributed by atoms with van der Waals surface area (Å²) in [5.74, 6) is -0.897. The SMILES string of the molecule is CCN(CC(=O)O)C1CC(NS(=O)(=O)c2ccc(Cl)c(C#N)c2)C1. The molecule has 0 atom stereocenters. The maximum absolute atomic E-state index is 12.4. The second-order valence-corrected chi connectivity index (χ2v) is 7.77. The highest BCUT2D eigenvalue weighted by molar-refractivity contribution is 7.89. The third-order valence-corrected chi connectivity index (χ3v) is 5.91. The van der Waals surface area contributed by atoms with Gasteiger partial charge in [0.25, 0.3) is 0 Å². The molecule has 0 amide bonds. The first-order valence-electron chi connectivity index (χ1n) is 7.44. The van der Waals surface area contributed by atoms with Crippen LogP contribution in [0.2, 0.25) is 5.02 Å². The van der Waals surface area contributed by atoms with Crippen LogP contribution in [-0.2, 0) is 14.8 Å². The lowest BCUT2D eigenvalue weighted by molar-refractivity contribution is -0.139. The minimum absolute atomic E-state index is 0.00946. The van der Waals surface area contributed by atoms with Crippen LogP contribution in [0, 0.1) is 11.3 Å². The van der Waals surface area contributed by atoms with Crippen molar-refractivity contribution in [3.05, 3.63) is 28.8 Å². The van der Waals surface area contributed by atoms with Gasteiger partial charge in [0.2, 0.25) is 10.0 Å². The molecule has 1 aromatic carbocycles. The largest absolute Gasteiger partial charge is 0.480 e. The van der Waals surface area contributed by atoms with E-state index in [4.69, 9.17) is 22.0 Å². The Morgan fingerprint density at radius 1 is 1.50 bits per heavy atom. The van der Waals surface area contributed by atoms with E-state index in [0.29, 0.717) is 19.4 Å². The number of likely N-dealkylation sites (N-methyl/N-ethyl adjacent to an activating group) is 1. The molecule has 24 heavy (non-hydrogen) atoms. The number of carbonyl (C=O) groups is 1. The summed E-state index contributed by atoms with van der Waals surface area (Å²) >= 11 is 5.81. The number of sulfonamides is 1. The number of hydrogen-bond donors (Lipinski definition) is 2. The molecule has 1 aliphatic rings. The van der Waals surface area contributed by atoms with Crippen LogP contribution in [0.4, 0.5) is 0 Å². The first-order chi connectivity index (χ1) is 11.3. The molecule has 0 spiro atoms. The van der Waals surface area contributed by atoms with Gasteiger partial charge in [0.05, 0.1) is 22.0 Å². The number of carboxylic acids is 1. The van der Waals surface area contributed by atoms with Crippen LogP contribution in [-0.4, -0.2) is 49.6 Å². The first-order valence-corrected chi connectivity index (χ1v) is 9.30. The summed E-state index contributed by atoms with van der Waals surface area (Å²) in [6.07, 6.45) is 1.11. The molecule has 1 fully saturated rings. The average Bonchev–Trinajstić information content (AvgIpc) is 2.48. The molecule has 7 nitrogen and oxygen atoms in total. The minimum atomic E-state index is -3.74. The maximum atomic E-state index is 12.4. The van der Waals surface area contributed by atoms with E-state index < -0.39 is 16.0 Å². The summed E-state index contributed by atoms with van der Waals surface area (Å²) in [5.41, 5.74) is 0.102. The Labute approximate surface area is 145 Å². The van der Waals surface area contributed by atoms with Crippen LogP contribution in [0.1, 0.15) is 25.3 Å². The predicted molar refractivity (Wildman–Crippen MR) is 88.2 cm³/mol.